The van der Waals surface area contributed by atoms with Gasteiger partial charge >= 0.3 is 0 Å². The Morgan fingerprint density at radius 3 is 3.14 bits per heavy atom. The Balaban J connectivity index is 1.61. The Kier molecular flexibility index (Phi) is 5.14. The Labute approximate surface area is 131 Å². The van der Waals surface area contributed by atoms with E-state index in [1.54, 1.807) is 0 Å². The first-order valence-electron chi connectivity index (χ1n) is 8.27. The molecule has 0 aromatic carbocycles. The number of hydrogen-bond acceptors (Lipinski definition) is 5. The summed E-state index contributed by atoms with van der Waals surface area (Å²) in [5.41, 5.74) is 0. The average Bonchev–Trinajstić information content (AvgIpc) is 2.95. The Hall–Kier alpha value is -0.650. The fourth-order valence-electron chi connectivity index (χ4n) is 3.33. The lowest BCUT2D eigenvalue weighted by molar-refractivity contribution is -0.00868. The predicted molar refractivity (Wildman–Crippen MR) is 88.0 cm³/mol. The van der Waals surface area contributed by atoms with Gasteiger partial charge in [-0.2, -0.15) is 0 Å². The first kappa shape index (κ1) is 15.3. The largest absolute Gasteiger partial charge is 0.374 e. The van der Waals surface area contributed by atoms with Crippen molar-refractivity contribution in [3.8, 4) is 0 Å². The van der Waals surface area contributed by atoms with Gasteiger partial charge in [0, 0.05) is 24.2 Å². The zero-order valence-electron chi connectivity index (χ0n) is 13.2. The number of thiazole rings is 1. The van der Waals surface area contributed by atoms with Crippen molar-refractivity contribution in [1.82, 2.24) is 10.3 Å². The second-order valence-electron chi connectivity index (χ2n) is 6.59. The zero-order valence-corrected chi connectivity index (χ0v) is 14.0. The maximum absolute atomic E-state index is 5.95. The minimum absolute atomic E-state index is 0.430. The van der Waals surface area contributed by atoms with Crippen LogP contribution in [0.5, 0.6) is 0 Å². The van der Waals surface area contributed by atoms with E-state index in [-0.39, 0.29) is 0 Å². The van der Waals surface area contributed by atoms with Crippen LogP contribution in [-0.2, 0) is 11.3 Å². The van der Waals surface area contributed by atoms with E-state index < -0.39 is 0 Å². The van der Waals surface area contributed by atoms with Crippen LogP contribution < -0.4 is 10.2 Å². The van der Waals surface area contributed by atoms with Crippen molar-refractivity contribution in [2.24, 2.45) is 5.92 Å². The van der Waals surface area contributed by atoms with Gasteiger partial charge in [0.1, 0.15) is 0 Å². The van der Waals surface area contributed by atoms with Gasteiger partial charge in [-0.15, -0.1) is 11.3 Å². The van der Waals surface area contributed by atoms with Crippen molar-refractivity contribution in [3.63, 3.8) is 0 Å². The summed E-state index contributed by atoms with van der Waals surface area (Å²) in [7, 11) is 0. The van der Waals surface area contributed by atoms with E-state index in [0.717, 1.165) is 26.2 Å². The standard InChI is InChI=1S/C16H27N3OS/c1-12(2)9-17-10-13-11-18-16(21-13)19-7-8-20-15-6-4-3-5-14(15)19/h11-12,14-15,17H,3-10H2,1-2H3. The van der Waals surface area contributed by atoms with E-state index in [1.807, 2.05) is 17.5 Å². The molecule has 2 aliphatic rings. The van der Waals surface area contributed by atoms with E-state index in [0.29, 0.717) is 18.1 Å². The van der Waals surface area contributed by atoms with Crippen LogP contribution >= 0.6 is 11.3 Å². The predicted octanol–water partition coefficient (Wildman–Crippen LogP) is 3.04. The summed E-state index contributed by atoms with van der Waals surface area (Å²) >= 11 is 1.84. The molecule has 2 atom stereocenters. The molecule has 0 radical (unpaired) electrons. The summed E-state index contributed by atoms with van der Waals surface area (Å²) in [6.07, 6.45) is 7.59. The van der Waals surface area contributed by atoms with E-state index in [2.05, 4.69) is 29.0 Å². The number of fused-ring (bicyclic) bond motifs is 1. The third-order valence-corrected chi connectivity index (χ3v) is 5.41. The summed E-state index contributed by atoms with van der Waals surface area (Å²) in [6.45, 7) is 8.32. The van der Waals surface area contributed by atoms with Crippen molar-refractivity contribution >= 4 is 16.5 Å². The average molecular weight is 309 g/mol. The molecule has 1 saturated carbocycles. The van der Waals surface area contributed by atoms with Crippen LogP contribution in [0.2, 0.25) is 0 Å². The minimum Gasteiger partial charge on any atom is -0.374 e. The lowest BCUT2D eigenvalue weighted by atomic mass is 9.90. The molecule has 2 fully saturated rings. The molecule has 0 spiro atoms. The van der Waals surface area contributed by atoms with Crippen LogP contribution in [0.3, 0.4) is 0 Å². The van der Waals surface area contributed by atoms with Gasteiger partial charge in [0.25, 0.3) is 0 Å². The molecule has 1 aromatic heterocycles. The second kappa shape index (κ2) is 7.07. The van der Waals surface area contributed by atoms with E-state index >= 15 is 0 Å². The Bertz CT molecular complexity index is 446. The number of morpholine rings is 1. The third kappa shape index (κ3) is 3.76. The van der Waals surface area contributed by atoms with E-state index in [9.17, 15) is 0 Å². The molecule has 118 valence electrons. The molecule has 21 heavy (non-hydrogen) atoms. The summed E-state index contributed by atoms with van der Waals surface area (Å²) in [6, 6.07) is 0.551. The first-order chi connectivity index (χ1) is 10.2. The molecule has 3 rings (SSSR count). The van der Waals surface area contributed by atoms with E-state index in [1.165, 1.54) is 35.7 Å². The Morgan fingerprint density at radius 2 is 2.29 bits per heavy atom. The lowest BCUT2D eigenvalue weighted by Crippen LogP contribution is -2.52. The molecular formula is C16H27N3OS. The molecule has 5 heteroatoms. The second-order valence-corrected chi connectivity index (χ2v) is 7.68. The molecular weight excluding hydrogens is 282 g/mol. The summed E-state index contributed by atoms with van der Waals surface area (Å²) in [4.78, 5) is 8.52. The fourth-order valence-corrected chi connectivity index (χ4v) is 4.29. The number of hydrogen-bond donors (Lipinski definition) is 1. The number of nitrogens with zero attached hydrogens (tertiary/aromatic N) is 2. The van der Waals surface area contributed by atoms with Gasteiger partial charge < -0.3 is 15.0 Å². The lowest BCUT2D eigenvalue weighted by Gasteiger charge is -2.43. The molecule has 0 amide bonds. The summed E-state index contributed by atoms with van der Waals surface area (Å²) < 4.78 is 5.95. The smallest absolute Gasteiger partial charge is 0.185 e. The van der Waals surface area contributed by atoms with Crippen molar-refractivity contribution in [2.75, 3.05) is 24.6 Å². The van der Waals surface area contributed by atoms with Gasteiger partial charge in [0.05, 0.1) is 18.8 Å². The topological polar surface area (TPSA) is 37.4 Å². The van der Waals surface area contributed by atoms with Crippen LogP contribution in [0.4, 0.5) is 5.13 Å². The molecule has 4 nitrogen and oxygen atoms in total. The fraction of sp³-hybridized carbons (Fsp3) is 0.812. The third-order valence-electron chi connectivity index (χ3n) is 4.37. The van der Waals surface area contributed by atoms with Gasteiger partial charge in [0.2, 0.25) is 0 Å². The van der Waals surface area contributed by atoms with Crippen molar-refractivity contribution in [1.29, 1.82) is 0 Å². The minimum atomic E-state index is 0.430. The highest BCUT2D eigenvalue weighted by molar-refractivity contribution is 7.15. The quantitative estimate of drug-likeness (QED) is 0.907. The van der Waals surface area contributed by atoms with Gasteiger partial charge in [-0.25, -0.2) is 4.98 Å². The highest BCUT2D eigenvalue weighted by Crippen LogP contribution is 2.33. The molecule has 1 saturated heterocycles. The van der Waals surface area contributed by atoms with Crippen LogP contribution in [0.15, 0.2) is 6.20 Å². The van der Waals surface area contributed by atoms with Crippen molar-refractivity contribution in [2.45, 2.75) is 58.2 Å². The molecule has 0 bridgehead atoms. The van der Waals surface area contributed by atoms with Gasteiger partial charge in [-0.05, 0) is 25.3 Å². The summed E-state index contributed by atoms with van der Waals surface area (Å²) in [5.74, 6) is 0.694. The number of ether oxygens (including phenoxy) is 1. The molecule has 1 aliphatic carbocycles. The molecule has 1 aromatic rings. The molecule has 2 unspecified atom stereocenters. The molecule has 2 heterocycles. The van der Waals surface area contributed by atoms with Gasteiger partial charge in [-0.1, -0.05) is 26.7 Å². The maximum atomic E-state index is 5.95. The van der Waals surface area contributed by atoms with Crippen molar-refractivity contribution < 1.29 is 4.74 Å². The highest BCUT2D eigenvalue weighted by Gasteiger charge is 2.35. The SMILES string of the molecule is CC(C)CNCc1cnc(N2CCOC3CCCCC32)s1. The number of anilines is 1. The molecule has 1 aliphatic heterocycles. The van der Waals surface area contributed by atoms with Crippen LogP contribution in [-0.4, -0.2) is 36.8 Å². The Morgan fingerprint density at radius 1 is 1.43 bits per heavy atom. The zero-order chi connectivity index (χ0) is 14.7. The number of rotatable bonds is 5. The maximum Gasteiger partial charge on any atom is 0.185 e. The monoisotopic (exact) mass is 309 g/mol. The number of nitrogens with one attached hydrogen (secondary N) is 1. The van der Waals surface area contributed by atoms with Gasteiger partial charge in [0.15, 0.2) is 5.13 Å². The van der Waals surface area contributed by atoms with E-state index in [4.69, 9.17) is 4.74 Å². The normalized spacial score (nSPS) is 26.1. The first-order valence-corrected chi connectivity index (χ1v) is 9.09. The van der Waals surface area contributed by atoms with Crippen LogP contribution in [0.1, 0.15) is 44.4 Å². The number of aromatic nitrogens is 1. The van der Waals surface area contributed by atoms with Crippen LogP contribution in [0, 0.1) is 5.92 Å². The molecule has 1 N–H and O–H groups in total. The summed E-state index contributed by atoms with van der Waals surface area (Å²) in [5, 5.41) is 4.69. The highest BCUT2D eigenvalue weighted by atomic mass is 32.1. The van der Waals surface area contributed by atoms with Crippen molar-refractivity contribution in [3.05, 3.63) is 11.1 Å². The van der Waals surface area contributed by atoms with Gasteiger partial charge in [-0.3, -0.25) is 0 Å². The van der Waals surface area contributed by atoms with Crippen LogP contribution in [0.25, 0.3) is 0 Å².